The molecule has 0 radical (unpaired) electrons. The number of piperazine rings is 1. The Labute approximate surface area is 196 Å². The zero-order chi connectivity index (χ0) is 22.0. The second-order valence-electron chi connectivity index (χ2n) is 9.39. The lowest BCUT2D eigenvalue weighted by molar-refractivity contribution is 0.173. The predicted octanol–water partition coefficient (Wildman–Crippen LogP) is 4.94. The number of hydrogen-bond acceptors (Lipinski definition) is 4. The van der Waals surface area contributed by atoms with Gasteiger partial charge in [-0.2, -0.15) is 0 Å². The number of nitrogens with zero attached hydrogens (tertiary/aromatic N) is 4. The van der Waals surface area contributed by atoms with Crippen LogP contribution in [0.4, 0.5) is 5.69 Å². The van der Waals surface area contributed by atoms with Crippen molar-refractivity contribution in [1.82, 2.24) is 14.8 Å². The standard InChI is InChI=1S/C29H30N4/c1-2-8-23(9-3-1)18-31-14-15-33-27(21-31)22-32(19-25-11-5-7-13-29(25)33)20-26-17-30-16-24-10-4-6-12-28(24)26/h1-13,16-17,27H,14-15,18-22H2. The number of anilines is 1. The molecule has 3 aromatic carbocycles. The second kappa shape index (κ2) is 8.97. The Morgan fingerprint density at radius 2 is 1.52 bits per heavy atom. The Morgan fingerprint density at radius 1 is 0.727 bits per heavy atom. The summed E-state index contributed by atoms with van der Waals surface area (Å²) in [7, 11) is 0. The summed E-state index contributed by atoms with van der Waals surface area (Å²) in [4.78, 5) is 12.5. The van der Waals surface area contributed by atoms with Crippen LogP contribution in [0, 0.1) is 0 Å². The molecule has 2 aliphatic rings. The molecular formula is C29H30N4. The quantitative estimate of drug-likeness (QED) is 0.454. The first kappa shape index (κ1) is 20.4. The largest absolute Gasteiger partial charge is 0.364 e. The van der Waals surface area contributed by atoms with Crippen molar-refractivity contribution in [2.45, 2.75) is 25.7 Å². The number of fused-ring (bicyclic) bond motifs is 4. The molecule has 0 saturated carbocycles. The molecule has 1 atom stereocenters. The van der Waals surface area contributed by atoms with E-state index in [4.69, 9.17) is 0 Å². The zero-order valence-electron chi connectivity index (χ0n) is 19.0. The van der Waals surface area contributed by atoms with Gasteiger partial charge in [-0.1, -0.05) is 72.8 Å². The molecule has 0 N–H and O–H groups in total. The van der Waals surface area contributed by atoms with E-state index < -0.39 is 0 Å². The Hall–Kier alpha value is -3.21. The van der Waals surface area contributed by atoms with Gasteiger partial charge >= 0.3 is 0 Å². The van der Waals surface area contributed by atoms with Crippen molar-refractivity contribution >= 4 is 16.5 Å². The smallest absolute Gasteiger partial charge is 0.0545 e. The van der Waals surface area contributed by atoms with Crippen molar-refractivity contribution in [3.05, 3.63) is 108 Å². The molecule has 0 bridgehead atoms. The highest BCUT2D eigenvalue weighted by Gasteiger charge is 2.32. The third-order valence-electron chi connectivity index (χ3n) is 7.12. The third kappa shape index (κ3) is 4.24. The van der Waals surface area contributed by atoms with E-state index in [-0.39, 0.29) is 0 Å². The molecule has 33 heavy (non-hydrogen) atoms. The lowest BCUT2D eigenvalue weighted by atomic mass is 10.1. The van der Waals surface area contributed by atoms with Crippen LogP contribution >= 0.6 is 0 Å². The minimum absolute atomic E-state index is 0.481. The molecule has 4 aromatic rings. The normalized spacial score (nSPS) is 19.2. The van der Waals surface area contributed by atoms with E-state index in [1.54, 1.807) is 0 Å². The molecule has 1 unspecified atom stereocenters. The molecular weight excluding hydrogens is 404 g/mol. The maximum absolute atomic E-state index is 4.54. The van der Waals surface area contributed by atoms with Crippen LogP contribution in [-0.4, -0.2) is 47.0 Å². The number of rotatable bonds is 4. The monoisotopic (exact) mass is 434 g/mol. The van der Waals surface area contributed by atoms with Crippen LogP contribution in [0.25, 0.3) is 10.8 Å². The maximum Gasteiger partial charge on any atom is 0.0545 e. The summed E-state index contributed by atoms with van der Waals surface area (Å²) in [5, 5.41) is 2.54. The summed E-state index contributed by atoms with van der Waals surface area (Å²) >= 11 is 0. The van der Waals surface area contributed by atoms with Crippen LogP contribution < -0.4 is 4.90 Å². The molecule has 166 valence electrons. The van der Waals surface area contributed by atoms with Gasteiger partial charge in [-0.05, 0) is 28.1 Å². The van der Waals surface area contributed by atoms with Gasteiger partial charge in [0.1, 0.15) is 0 Å². The Balaban J connectivity index is 1.28. The van der Waals surface area contributed by atoms with E-state index in [0.29, 0.717) is 6.04 Å². The SMILES string of the molecule is c1ccc(CN2CCN3c4ccccc4CN(Cc4cncc5ccccc45)CC3C2)cc1. The molecule has 0 amide bonds. The number of aromatic nitrogens is 1. The predicted molar refractivity (Wildman–Crippen MR) is 135 cm³/mol. The molecule has 6 rings (SSSR count). The molecule has 4 heteroatoms. The molecule has 1 saturated heterocycles. The van der Waals surface area contributed by atoms with Crippen molar-refractivity contribution in [2.75, 3.05) is 31.1 Å². The van der Waals surface area contributed by atoms with E-state index in [1.807, 2.05) is 6.20 Å². The minimum Gasteiger partial charge on any atom is -0.364 e. The molecule has 3 heterocycles. The topological polar surface area (TPSA) is 22.6 Å². The van der Waals surface area contributed by atoms with Crippen molar-refractivity contribution in [1.29, 1.82) is 0 Å². The zero-order valence-corrected chi connectivity index (χ0v) is 19.0. The van der Waals surface area contributed by atoms with E-state index >= 15 is 0 Å². The minimum atomic E-state index is 0.481. The summed E-state index contributed by atoms with van der Waals surface area (Å²) in [6.07, 6.45) is 4.03. The summed E-state index contributed by atoms with van der Waals surface area (Å²) in [5.74, 6) is 0. The van der Waals surface area contributed by atoms with E-state index in [9.17, 15) is 0 Å². The highest BCUT2D eigenvalue weighted by Crippen LogP contribution is 2.31. The average molecular weight is 435 g/mol. The number of pyridine rings is 1. The van der Waals surface area contributed by atoms with Crippen molar-refractivity contribution in [2.24, 2.45) is 0 Å². The van der Waals surface area contributed by atoms with Crippen LogP contribution in [0.3, 0.4) is 0 Å². The molecule has 1 fully saturated rings. The molecule has 0 spiro atoms. The van der Waals surface area contributed by atoms with Gasteiger partial charge in [0.25, 0.3) is 0 Å². The van der Waals surface area contributed by atoms with Crippen LogP contribution in [0.1, 0.15) is 16.7 Å². The number of para-hydroxylation sites is 1. The van der Waals surface area contributed by atoms with Gasteiger partial charge in [-0.25, -0.2) is 0 Å². The van der Waals surface area contributed by atoms with Crippen molar-refractivity contribution in [3.8, 4) is 0 Å². The highest BCUT2D eigenvalue weighted by atomic mass is 15.3. The fourth-order valence-electron chi connectivity index (χ4n) is 5.57. The van der Waals surface area contributed by atoms with Gasteiger partial charge in [-0.15, -0.1) is 0 Å². The second-order valence-corrected chi connectivity index (χ2v) is 9.39. The Kier molecular flexibility index (Phi) is 5.54. The van der Waals surface area contributed by atoms with Gasteiger partial charge in [0.15, 0.2) is 0 Å². The number of benzene rings is 3. The van der Waals surface area contributed by atoms with E-state index in [2.05, 4.69) is 105 Å². The Morgan fingerprint density at radius 3 is 2.45 bits per heavy atom. The van der Waals surface area contributed by atoms with Crippen LogP contribution in [0.5, 0.6) is 0 Å². The summed E-state index contributed by atoms with van der Waals surface area (Å²) < 4.78 is 0. The highest BCUT2D eigenvalue weighted by molar-refractivity contribution is 5.84. The lowest BCUT2D eigenvalue weighted by Gasteiger charge is -2.43. The van der Waals surface area contributed by atoms with Crippen LogP contribution in [0.15, 0.2) is 91.3 Å². The Bertz CT molecular complexity index is 1230. The summed E-state index contributed by atoms with van der Waals surface area (Å²) in [5.41, 5.74) is 5.57. The van der Waals surface area contributed by atoms with E-state index in [1.165, 1.54) is 33.2 Å². The molecule has 0 aliphatic carbocycles. The van der Waals surface area contributed by atoms with Gasteiger partial charge in [0.05, 0.1) is 6.04 Å². The van der Waals surface area contributed by atoms with Gasteiger partial charge < -0.3 is 4.90 Å². The fraction of sp³-hybridized carbons (Fsp3) is 0.276. The van der Waals surface area contributed by atoms with Crippen molar-refractivity contribution < 1.29 is 0 Å². The van der Waals surface area contributed by atoms with Crippen LogP contribution in [-0.2, 0) is 19.6 Å². The van der Waals surface area contributed by atoms with E-state index in [0.717, 1.165) is 45.8 Å². The molecule has 1 aromatic heterocycles. The lowest BCUT2D eigenvalue weighted by Crippen LogP contribution is -2.55. The van der Waals surface area contributed by atoms with Gasteiger partial charge in [0, 0.05) is 69.3 Å². The first-order chi connectivity index (χ1) is 16.3. The summed E-state index contributed by atoms with van der Waals surface area (Å²) in [6.45, 7) is 7.26. The third-order valence-corrected chi connectivity index (χ3v) is 7.12. The maximum atomic E-state index is 4.54. The molecule has 4 nitrogen and oxygen atoms in total. The van der Waals surface area contributed by atoms with Crippen LogP contribution in [0.2, 0.25) is 0 Å². The average Bonchev–Trinajstić information content (AvgIpc) is 3.01. The number of hydrogen-bond donors (Lipinski definition) is 0. The fourth-order valence-corrected chi connectivity index (χ4v) is 5.57. The molecule has 2 aliphatic heterocycles. The summed E-state index contributed by atoms with van der Waals surface area (Å²) in [6, 6.07) is 29.0. The van der Waals surface area contributed by atoms with Gasteiger partial charge in [-0.3, -0.25) is 14.8 Å². The van der Waals surface area contributed by atoms with Crippen molar-refractivity contribution in [3.63, 3.8) is 0 Å². The first-order valence-electron chi connectivity index (χ1n) is 12.0. The first-order valence-corrected chi connectivity index (χ1v) is 12.0. The van der Waals surface area contributed by atoms with Gasteiger partial charge in [0.2, 0.25) is 0 Å².